The molecular weight excluding hydrogens is 251 g/mol. The van der Waals surface area contributed by atoms with Gasteiger partial charge in [0.1, 0.15) is 5.82 Å². The van der Waals surface area contributed by atoms with E-state index in [4.69, 9.17) is 5.73 Å². The lowest BCUT2D eigenvalue weighted by atomic mass is 9.94. The van der Waals surface area contributed by atoms with Crippen LogP contribution in [0.1, 0.15) is 43.2 Å². The number of halogens is 1. The summed E-state index contributed by atoms with van der Waals surface area (Å²) >= 11 is 0. The van der Waals surface area contributed by atoms with Crippen molar-refractivity contribution in [2.24, 2.45) is 5.73 Å². The van der Waals surface area contributed by atoms with E-state index in [1.165, 1.54) is 38.2 Å². The molecule has 0 saturated heterocycles. The summed E-state index contributed by atoms with van der Waals surface area (Å²) in [6.07, 6.45) is 6.56. The van der Waals surface area contributed by atoms with Crippen molar-refractivity contribution in [3.63, 3.8) is 0 Å². The van der Waals surface area contributed by atoms with Crippen LogP contribution in [0.4, 0.5) is 4.39 Å². The Bertz CT molecular complexity index is 495. The molecule has 0 spiro atoms. The van der Waals surface area contributed by atoms with Crippen LogP contribution in [0.5, 0.6) is 0 Å². The average molecular weight is 274 g/mol. The Kier molecular flexibility index (Phi) is 5.58. The first-order valence-electron chi connectivity index (χ1n) is 7.38. The monoisotopic (exact) mass is 274 g/mol. The first-order chi connectivity index (χ1) is 9.70. The Morgan fingerprint density at radius 3 is 2.75 bits per heavy atom. The number of nitrogens with two attached hydrogens (primary N) is 1. The van der Waals surface area contributed by atoms with E-state index >= 15 is 0 Å². The molecule has 0 aliphatic heterocycles. The number of nitrogens with zero attached hydrogens (tertiary/aromatic N) is 1. The van der Waals surface area contributed by atoms with Crippen molar-refractivity contribution in [1.29, 1.82) is 0 Å². The highest BCUT2D eigenvalue weighted by molar-refractivity contribution is 5.38. The van der Waals surface area contributed by atoms with E-state index in [1.807, 2.05) is 12.1 Å². The zero-order valence-corrected chi connectivity index (χ0v) is 12.2. The number of benzene rings is 1. The standard InChI is InChI=1S/C17H23FN2/c1-20(16-7-3-2-4-8-16)13-14-9-10-17(18)15(12-14)6-5-11-19/h9-10,12,16H,2-4,7-8,11,13,19H2,1H3. The normalized spacial score (nSPS) is 16.0. The van der Waals surface area contributed by atoms with Crippen LogP contribution in [0.3, 0.4) is 0 Å². The van der Waals surface area contributed by atoms with E-state index in [-0.39, 0.29) is 12.4 Å². The van der Waals surface area contributed by atoms with Gasteiger partial charge >= 0.3 is 0 Å². The van der Waals surface area contributed by atoms with Gasteiger partial charge in [0.15, 0.2) is 0 Å². The van der Waals surface area contributed by atoms with Gasteiger partial charge in [0.25, 0.3) is 0 Å². The molecule has 0 unspecified atom stereocenters. The third-order valence-electron chi connectivity index (χ3n) is 3.99. The number of hydrogen-bond acceptors (Lipinski definition) is 2. The second kappa shape index (κ2) is 7.42. The second-order valence-electron chi connectivity index (χ2n) is 5.53. The van der Waals surface area contributed by atoms with Crippen molar-refractivity contribution in [2.45, 2.75) is 44.7 Å². The molecule has 0 atom stereocenters. The summed E-state index contributed by atoms with van der Waals surface area (Å²) in [5, 5.41) is 0. The maximum atomic E-state index is 13.6. The molecule has 1 aromatic carbocycles. The summed E-state index contributed by atoms with van der Waals surface area (Å²) < 4.78 is 13.6. The van der Waals surface area contributed by atoms with Crippen LogP contribution in [0, 0.1) is 17.7 Å². The molecule has 0 heterocycles. The quantitative estimate of drug-likeness (QED) is 0.859. The topological polar surface area (TPSA) is 29.3 Å². The van der Waals surface area contributed by atoms with Gasteiger partial charge in [-0.1, -0.05) is 37.2 Å². The second-order valence-corrected chi connectivity index (χ2v) is 5.53. The largest absolute Gasteiger partial charge is 0.320 e. The maximum absolute atomic E-state index is 13.6. The smallest absolute Gasteiger partial charge is 0.138 e. The first-order valence-corrected chi connectivity index (χ1v) is 7.38. The van der Waals surface area contributed by atoms with Crippen LogP contribution < -0.4 is 5.73 Å². The third kappa shape index (κ3) is 4.06. The van der Waals surface area contributed by atoms with Crippen LogP contribution >= 0.6 is 0 Å². The molecule has 0 radical (unpaired) electrons. The zero-order valence-electron chi connectivity index (χ0n) is 12.2. The zero-order chi connectivity index (χ0) is 14.4. The van der Waals surface area contributed by atoms with Crippen LogP contribution in [-0.2, 0) is 6.54 Å². The Morgan fingerprint density at radius 2 is 2.05 bits per heavy atom. The lowest BCUT2D eigenvalue weighted by Gasteiger charge is -2.31. The number of rotatable bonds is 3. The highest BCUT2D eigenvalue weighted by Crippen LogP contribution is 2.23. The summed E-state index contributed by atoms with van der Waals surface area (Å²) in [5.41, 5.74) is 6.90. The van der Waals surface area contributed by atoms with Crippen molar-refractivity contribution >= 4 is 0 Å². The molecule has 2 rings (SSSR count). The molecule has 2 N–H and O–H groups in total. The lowest BCUT2D eigenvalue weighted by molar-refractivity contribution is 0.184. The summed E-state index contributed by atoms with van der Waals surface area (Å²) in [6, 6.07) is 5.86. The molecule has 1 aliphatic rings. The predicted octanol–water partition coefficient (Wildman–Crippen LogP) is 2.90. The Balaban J connectivity index is 2.05. The number of hydrogen-bond donors (Lipinski definition) is 1. The summed E-state index contributed by atoms with van der Waals surface area (Å²) in [6.45, 7) is 1.11. The molecule has 108 valence electrons. The van der Waals surface area contributed by atoms with Gasteiger partial charge < -0.3 is 5.73 Å². The first kappa shape index (κ1) is 15.0. The maximum Gasteiger partial charge on any atom is 0.138 e. The van der Waals surface area contributed by atoms with E-state index in [2.05, 4.69) is 23.8 Å². The van der Waals surface area contributed by atoms with Gasteiger partial charge in [-0.3, -0.25) is 4.90 Å². The van der Waals surface area contributed by atoms with Crippen LogP contribution in [-0.4, -0.2) is 24.5 Å². The van der Waals surface area contributed by atoms with E-state index in [0.717, 1.165) is 12.1 Å². The fraction of sp³-hybridized carbons (Fsp3) is 0.529. The van der Waals surface area contributed by atoms with Gasteiger partial charge in [-0.2, -0.15) is 0 Å². The van der Waals surface area contributed by atoms with E-state index in [1.54, 1.807) is 0 Å². The molecule has 1 aliphatic carbocycles. The molecule has 20 heavy (non-hydrogen) atoms. The summed E-state index contributed by atoms with van der Waals surface area (Å²) in [4.78, 5) is 2.38. The Labute approximate surface area is 121 Å². The van der Waals surface area contributed by atoms with Crippen molar-refractivity contribution in [2.75, 3.05) is 13.6 Å². The van der Waals surface area contributed by atoms with Crippen LogP contribution in [0.2, 0.25) is 0 Å². The highest BCUT2D eigenvalue weighted by atomic mass is 19.1. The molecule has 2 nitrogen and oxygen atoms in total. The predicted molar refractivity (Wildman–Crippen MR) is 80.7 cm³/mol. The van der Waals surface area contributed by atoms with Gasteiger partial charge in [0, 0.05) is 12.6 Å². The summed E-state index contributed by atoms with van der Waals surface area (Å²) in [7, 11) is 2.16. The molecular formula is C17H23FN2. The Hall–Kier alpha value is -1.37. The van der Waals surface area contributed by atoms with Crippen LogP contribution in [0.25, 0.3) is 0 Å². The Morgan fingerprint density at radius 1 is 1.30 bits per heavy atom. The molecule has 1 fully saturated rings. The fourth-order valence-electron chi connectivity index (χ4n) is 2.85. The fourth-order valence-corrected chi connectivity index (χ4v) is 2.85. The van der Waals surface area contributed by atoms with Crippen molar-refractivity contribution in [1.82, 2.24) is 4.90 Å². The highest BCUT2D eigenvalue weighted by Gasteiger charge is 2.18. The average Bonchev–Trinajstić information content (AvgIpc) is 2.48. The van der Waals surface area contributed by atoms with Crippen LogP contribution in [0.15, 0.2) is 18.2 Å². The van der Waals surface area contributed by atoms with Gasteiger partial charge in [0.05, 0.1) is 12.1 Å². The van der Waals surface area contributed by atoms with Crippen molar-refractivity contribution < 1.29 is 4.39 Å². The van der Waals surface area contributed by atoms with Crippen molar-refractivity contribution in [3.05, 3.63) is 35.1 Å². The van der Waals surface area contributed by atoms with E-state index < -0.39 is 0 Å². The molecule has 0 amide bonds. The minimum absolute atomic E-state index is 0.256. The molecule has 0 bridgehead atoms. The SMILES string of the molecule is CN(Cc1ccc(F)c(C#CCN)c1)C1CCCCC1. The minimum atomic E-state index is -0.269. The molecule has 1 saturated carbocycles. The summed E-state index contributed by atoms with van der Waals surface area (Å²) in [5.74, 6) is 5.24. The third-order valence-corrected chi connectivity index (χ3v) is 3.99. The van der Waals surface area contributed by atoms with Gasteiger partial charge in [-0.15, -0.1) is 0 Å². The van der Waals surface area contributed by atoms with Gasteiger partial charge in [-0.05, 0) is 37.6 Å². The van der Waals surface area contributed by atoms with Gasteiger partial charge in [-0.25, -0.2) is 4.39 Å². The molecule has 0 aromatic heterocycles. The van der Waals surface area contributed by atoms with Crippen molar-refractivity contribution in [3.8, 4) is 11.8 Å². The van der Waals surface area contributed by atoms with E-state index in [0.29, 0.717) is 11.6 Å². The van der Waals surface area contributed by atoms with E-state index in [9.17, 15) is 4.39 Å². The lowest BCUT2D eigenvalue weighted by Crippen LogP contribution is -2.32. The molecule has 3 heteroatoms. The van der Waals surface area contributed by atoms with Gasteiger partial charge in [0.2, 0.25) is 0 Å². The minimum Gasteiger partial charge on any atom is -0.320 e. The molecule has 1 aromatic rings.